The van der Waals surface area contributed by atoms with Crippen molar-refractivity contribution in [3.8, 4) is 0 Å². The highest BCUT2D eigenvalue weighted by molar-refractivity contribution is 5.44. The van der Waals surface area contributed by atoms with Crippen LogP contribution in [0.2, 0.25) is 0 Å². The van der Waals surface area contributed by atoms with Crippen molar-refractivity contribution in [1.82, 2.24) is 25.0 Å². The molecule has 0 aromatic carbocycles. The van der Waals surface area contributed by atoms with Crippen molar-refractivity contribution in [2.45, 2.75) is 12.5 Å². The molecule has 0 aliphatic rings. The van der Waals surface area contributed by atoms with Gasteiger partial charge in [-0.3, -0.25) is 4.98 Å². The third-order valence-corrected chi connectivity index (χ3v) is 2.42. The van der Waals surface area contributed by atoms with Crippen molar-refractivity contribution in [3.05, 3.63) is 12.4 Å². The Labute approximate surface area is 98.2 Å². The van der Waals surface area contributed by atoms with Crippen LogP contribution in [0.1, 0.15) is 6.42 Å². The highest BCUT2D eigenvalue weighted by Gasteiger charge is 2.10. The molecule has 2 aromatic heterocycles. The molecule has 0 saturated heterocycles. The lowest BCUT2D eigenvalue weighted by Crippen LogP contribution is -2.31. The average molecular weight is 237 g/mol. The summed E-state index contributed by atoms with van der Waals surface area (Å²) < 4.78 is 6.61. The van der Waals surface area contributed by atoms with Gasteiger partial charge in [0, 0.05) is 26.3 Å². The number of methoxy groups -OCH3 is 1. The van der Waals surface area contributed by atoms with Gasteiger partial charge in [-0.1, -0.05) is 0 Å². The van der Waals surface area contributed by atoms with Crippen LogP contribution in [-0.2, 0) is 4.74 Å². The largest absolute Gasteiger partial charge is 0.385 e. The lowest BCUT2D eigenvalue weighted by molar-refractivity contribution is 0.190. The van der Waals surface area contributed by atoms with Gasteiger partial charge >= 0.3 is 0 Å². The quantitative estimate of drug-likeness (QED) is 0.684. The van der Waals surface area contributed by atoms with Gasteiger partial charge in [-0.2, -0.15) is 4.52 Å². The lowest BCUT2D eigenvalue weighted by atomic mass is 10.2. The minimum absolute atomic E-state index is 0.103. The van der Waals surface area contributed by atoms with E-state index in [1.54, 1.807) is 24.0 Å². The van der Waals surface area contributed by atoms with E-state index in [4.69, 9.17) is 10.5 Å². The predicted molar refractivity (Wildman–Crippen MR) is 61.5 cm³/mol. The van der Waals surface area contributed by atoms with E-state index in [1.165, 1.54) is 0 Å². The second kappa shape index (κ2) is 5.51. The number of rotatable bonds is 6. The Hall–Kier alpha value is -1.80. The minimum atomic E-state index is 0.103. The summed E-state index contributed by atoms with van der Waals surface area (Å²) in [5.41, 5.74) is 6.28. The molecule has 1 atom stereocenters. The summed E-state index contributed by atoms with van der Waals surface area (Å²) in [6, 6.07) is 0.103. The van der Waals surface area contributed by atoms with Crippen LogP contribution in [0.15, 0.2) is 12.4 Å². The van der Waals surface area contributed by atoms with E-state index in [0.29, 0.717) is 18.8 Å². The molecule has 0 spiro atoms. The maximum absolute atomic E-state index is 5.68. The number of nitrogens with zero attached hydrogens (tertiary/aromatic N) is 5. The van der Waals surface area contributed by atoms with Crippen LogP contribution < -0.4 is 11.1 Å². The minimum Gasteiger partial charge on any atom is -0.385 e. The Bertz CT molecular complexity index is 471. The maximum Gasteiger partial charge on any atom is 0.199 e. The topological polar surface area (TPSA) is 103 Å². The highest BCUT2D eigenvalue weighted by atomic mass is 16.5. The average Bonchev–Trinajstić information content (AvgIpc) is 2.83. The van der Waals surface area contributed by atoms with Gasteiger partial charge in [0.1, 0.15) is 0 Å². The molecule has 0 amide bonds. The molecule has 2 rings (SSSR count). The molecule has 3 N–H and O–H groups in total. The lowest BCUT2D eigenvalue weighted by Gasteiger charge is -2.17. The molecule has 0 aliphatic carbocycles. The Balaban J connectivity index is 2.13. The van der Waals surface area contributed by atoms with Crippen LogP contribution in [0.4, 0.5) is 5.82 Å². The normalized spacial score (nSPS) is 12.8. The van der Waals surface area contributed by atoms with E-state index in [2.05, 4.69) is 25.8 Å². The summed E-state index contributed by atoms with van der Waals surface area (Å²) in [6.07, 6.45) is 4.07. The number of anilines is 1. The maximum atomic E-state index is 5.68. The zero-order valence-corrected chi connectivity index (χ0v) is 9.58. The molecule has 0 saturated carbocycles. The van der Waals surface area contributed by atoms with Gasteiger partial charge in [-0.15, -0.1) is 5.10 Å². The molecule has 0 aliphatic heterocycles. The fourth-order valence-electron chi connectivity index (χ4n) is 1.49. The monoisotopic (exact) mass is 237 g/mol. The first-order valence-corrected chi connectivity index (χ1v) is 5.32. The summed E-state index contributed by atoms with van der Waals surface area (Å²) in [5, 5.41) is 14.5. The smallest absolute Gasteiger partial charge is 0.199 e. The summed E-state index contributed by atoms with van der Waals surface area (Å²) in [5.74, 6) is 0.721. The zero-order valence-electron chi connectivity index (χ0n) is 9.58. The summed E-state index contributed by atoms with van der Waals surface area (Å²) in [4.78, 5) is 4.05. The second-order valence-electron chi connectivity index (χ2n) is 3.60. The Morgan fingerprint density at radius 1 is 1.53 bits per heavy atom. The van der Waals surface area contributed by atoms with Crippen molar-refractivity contribution in [1.29, 1.82) is 0 Å². The van der Waals surface area contributed by atoms with E-state index in [-0.39, 0.29) is 6.04 Å². The summed E-state index contributed by atoms with van der Waals surface area (Å²) >= 11 is 0. The van der Waals surface area contributed by atoms with Crippen molar-refractivity contribution in [3.63, 3.8) is 0 Å². The van der Waals surface area contributed by atoms with Crippen LogP contribution in [0.3, 0.4) is 0 Å². The van der Waals surface area contributed by atoms with Crippen molar-refractivity contribution in [2.75, 3.05) is 25.6 Å². The first-order valence-electron chi connectivity index (χ1n) is 5.32. The number of fused-ring (bicyclic) bond motifs is 1. The Kier molecular flexibility index (Phi) is 3.78. The number of hydrogen-bond donors (Lipinski definition) is 2. The van der Waals surface area contributed by atoms with Crippen LogP contribution in [0, 0.1) is 0 Å². The van der Waals surface area contributed by atoms with Crippen LogP contribution in [0.5, 0.6) is 0 Å². The number of nitrogens with one attached hydrogen (secondary N) is 1. The zero-order chi connectivity index (χ0) is 12.1. The highest BCUT2D eigenvalue weighted by Crippen LogP contribution is 2.08. The third kappa shape index (κ3) is 2.66. The van der Waals surface area contributed by atoms with Gasteiger partial charge < -0.3 is 15.8 Å². The number of tetrazole rings is 1. The Morgan fingerprint density at radius 3 is 3.18 bits per heavy atom. The molecule has 0 fully saturated rings. The molecule has 0 radical (unpaired) electrons. The molecule has 8 heteroatoms. The summed E-state index contributed by atoms with van der Waals surface area (Å²) in [6.45, 7) is 1.15. The number of nitrogens with two attached hydrogens (primary N) is 1. The molecule has 2 heterocycles. The van der Waals surface area contributed by atoms with Crippen molar-refractivity contribution < 1.29 is 4.74 Å². The number of aromatic nitrogens is 5. The SMILES string of the molecule is COCCC(CN)Nc1cncc2nnnn12. The van der Waals surface area contributed by atoms with Gasteiger partial charge in [-0.05, 0) is 16.8 Å². The molecule has 0 bridgehead atoms. The van der Waals surface area contributed by atoms with Gasteiger partial charge in [-0.25, -0.2) is 0 Å². The second-order valence-corrected chi connectivity index (χ2v) is 3.60. The molecular formula is C9H15N7O. The fraction of sp³-hybridized carbons (Fsp3) is 0.556. The molecular weight excluding hydrogens is 222 g/mol. The number of hydrogen-bond acceptors (Lipinski definition) is 7. The van der Waals surface area contributed by atoms with E-state index in [1.807, 2.05) is 0 Å². The van der Waals surface area contributed by atoms with Crippen LogP contribution >= 0.6 is 0 Å². The van der Waals surface area contributed by atoms with Gasteiger partial charge in [0.2, 0.25) is 0 Å². The molecule has 8 nitrogen and oxygen atoms in total. The molecule has 2 aromatic rings. The molecule has 1 unspecified atom stereocenters. The van der Waals surface area contributed by atoms with E-state index in [0.717, 1.165) is 12.2 Å². The first-order chi connectivity index (χ1) is 8.35. The van der Waals surface area contributed by atoms with E-state index < -0.39 is 0 Å². The molecule has 17 heavy (non-hydrogen) atoms. The summed E-state index contributed by atoms with van der Waals surface area (Å²) in [7, 11) is 1.66. The third-order valence-electron chi connectivity index (χ3n) is 2.42. The molecule has 92 valence electrons. The van der Waals surface area contributed by atoms with Gasteiger partial charge in [0.05, 0.1) is 12.4 Å². The fourth-order valence-corrected chi connectivity index (χ4v) is 1.49. The number of ether oxygens (including phenoxy) is 1. The van der Waals surface area contributed by atoms with Crippen molar-refractivity contribution >= 4 is 11.5 Å². The van der Waals surface area contributed by atoms with E-state index in [9.17, 15) is 0 Å². The predicted octanol–water partition coefficient (Wildman–Crippen LogP) is -0.705. The standard InChI is InChI=1S/C9H15N7O/c1-17-3-2-7(4-10)12-8-5-11-6-9-13-14-15-16(8)9/h5-7,12H,2-4,10H2,1H3. The first kappa shape index (κ1) is 11.7. The van der Waals surface area contributed by atoms with Crippen LogP contribution in [0.25, 0.3) is 5.65 Å². The van der Waals surface area contributed by atoms with Gasteiger partial charge in [0.15, 0.2) is 11.5 Å². The van der Waals surface area contributed by atoms with E-state index >= 15 is 0 Å². The van der Waals surface area contributed by atoms with Crippen molar-refractivity contribution in [2.24, 2.45) is 5.73 Å². The Morgan fingerprint density at radius 2 is 2.41 bits per heavy atom. The van der Waals surface area contributed by atoms with Gasteiger partial charge in [0.25, 0.3) is 0 Å². The van der Waals surface area contributed by atoms with Crippen LogP contribution in [-0.4, -0.2) is 51.3 Å².